The summed E-state index contributed by atoms with van der Waals surface area (Å²) < 4.78 is 0. The van der Waals surface area contributed by atoms with Crippen LogP contribution in [0.2, 0.25) is 0 Å². The fourth-order valence-corrected chi connectivity index (χ4v) is 6.69. The van der Waals surface area contributed by atoms with E-state index in [2.05, 4.69) is 116 Å². The number of rotatable bonds is 13. The molecule has 0 fully saturated rings. The fourth-order valence-electron chi connectivity index (χ4n) is 6.69. The average molecular weight is 795 g/mol. The predicted molar refractivity (Wildman–Crippen MR) is 239 cm³/mol. The number of aliphatic hydroxyl groups is 1. The Labute approximate surface area is 350 Å². The Kier molecular flexibility index (Phi) is 14.2. The van der Waals surface area contributed by atoms with Crippen molar-refractivity contribution in [3.63, 3.8) is 0 Å². The maximum atomic E-state index is 13.7. The van der Waals surface area contributed by atoms with Gasteiger partial charge in [-0.1, -0.05) is 165 Å². The summed E-state index contributed by atoms with van der Waals surface area (Å²) in [5.41, 5.74) is 5.68. The van der Waals surface area contributed by atoms with Gasteiger partial charge in [0.2, 0.25) is 11.8 Å². The molecule has 0 aliphatic carbocycles. The largest absolute Gasteiger partial charge is 0.387 e. The molecule has 9 heteroatoms. The van der Waals surface area contributed by atoms with E-state index in [1.54, 1.807) is 26.2 Å². The first-order valence-electron chi connectivity index (χ1n) is 20.5. The van der Waals surface area contributed by atoms with Gasteiger partial charge >= 0.3 is 0 Å². The number of carbonyl (C=O) groups is 2. The molecule has 0 saturated carbocycles. The second-order valence-corrected chi connectivity index (χ2v) is 18.3. The molecule has 2 unspecified atom stereocenters. The first-order valence-corrected chi connectivity index (χ1v) is 20.5. The summed E-state index contributed by atoms with van der Waals surface area (Å²) in [5, 5.41) is 17.3. The molecule has 6 rings (SSSR count). The van der Waals surface area contributed by atoms with Crippen LogP contribution < -0.4 is 10.6 Å². The zero-order valence-corrected chi connectivity index (χ0v) is 36.4. The first kappa shape index (κ1) is 44.3. The lowest BCUT2D eigenvalue weighted by molar-refractivity contribution is -0.137. The van der Waals surface area contributed by atoms with Crippen LogP contribution in [0.5, 0.6) is 0 Å². The highest BCUT2D eigenvalue weighted by molar-refractivity contribution is 5.83. The molecule has 4 aromatic carbocycles. The highest BCUT2D eigenvalue weighted by Crippen LogP contribution is 2.38. The Bertz CT molecular complexity index is 2240. The number of aromatic nitrogens is 4. The van der Waals surface area contributed by atoms with Crippen LogP contribution in [-0.4, -0.2) is 36.9 Å². The van der Waals surface area contributed by atoms with Crippen molar-refractivity contribution in [2.24, 2.45) is 22.2 Å². The molecule has 2 aromatic heterocycles. The van der Waals surface area contributed by atoms with Gasteiger partial charge in [-0.3, -0.25) is 9.59 Å². The van der Waals surface area contributed by atoms with Crippen molar-refractivity contribution in [3.8, 4) is 33.6 Å². The monoisotopic (exact) mass is 794 g/mol. The topological polar surface area (TPSA) is 136 Å². The van der Waals surface area contributed by atoms with E-state index in [4.69, 9.17) is 4.98 Å². The maximum absolute atomic E-state index is 13.7. The van der Waals surface area contributed by atoms with Crippen molar-refractivity contribution >= 4 is 11.8 Å². The van der Waals surface area contributed by atoms with E-state index >= 15 is 0 Å². The molecule has 2 atom stereocenters. The first-order chi connectivity index (χ1) is 27.8. The lowest BCUT2D eigenvalue weighted by Crippen LogP contribution is -2.46. The number of H-pyrrole nitrogens is 2. The van der Waals surface area contributed by atoms with E-state index in [-0.39, 0.29) is 17.2 Å². The molecule has 0 bridgehead atoms. The summed E-state index contributed by atoms with van der Waals surface area (Å²) in [6.45, 7) is 20.4. The van der Waals surface area contributed by atoms with Crippen LogP contribution >= 0.6 is 0 Å². The normalized spacial score (nSPS) is 12.9. The molecule has 0 aliphatic heterocycles. The lowest BCUT2D eigenvalue weighted by atomic mass is 9.80. The lowest BCUT2D eigenvalue weighted by Gasteiger charge is -2.35. The number of imidazole rings is 2. The second kappa shape index (κ2) is 18.9. The number of nitrogens with one attached hydrogen (secondary N) is 4. The van der Waals surface area contributed by atoms with E-state index in [1.807, 2.05) is 74.5 Å². The summed E-state index contributed by atoms with van der Waals surface area (Å²) in [7, 11) is 0. The Morgan fingerprint density at radius 1 is 0.644 bits per heavy atom. The molecule has 2 heterocycles. The Morgan fingerprint density at radius 2 is 1.12 bits per heavy atom. The molecule has 310 valence electrons. The number of benzene rings is 4. The molecule has 0 saturated heterocycles. The van der Waals surface area contributed by atoms with Gasteiger partial charge in [0.25, 0.3) is 0 Å². The molecule has 9 nitrogen and oxygen atoms in total. The molecule has 2 amide bonds. The van der Waals surface area contributed by atoms with Crippen molar-refractivity contribution in [2.75, 3.05) is 0 Å². The Morgan fingerprint density at radius 3 is 1.64 bits per heavy atom. The molecule has 5 N–H and O–H groups in total. The molecular formula is C50H62N6O3. The molecule has 0 spiro atoms. The number of hydrogen-bond acceptors (Lipinski definition) is 5. The van der Waals surface area contributed by atoms with Crippen LogP contribution in [0, 0.1) is 22.2 Å². The summed E-state index contributed by atoms with van der Waals surface area (Å²) in [6.07, 6.45) is 3.28. The van der Waals surface area contributed by atoms with Crippen LogP contribution in [0.3, 0.4) is 0 Å². The average Bonchev–Trinajstić information content (AvgIpc) is 3.89. The van der Waals surface area contributed by atoms with Crippen molar-refractivity contribution in [1.29, 1.82) is 0 Å². The number of hydrogen-bond donors (Lipinski definition) is 5. The summed E-state index contributed by atoms with van der Waals surface area (Å²) in [6, 6.07) is 35.4. The van der Waals surface area contributed by atoms with Gasteiger partial charge in [-0.25, -0.2) is 9.97 Å². The van der Waals surface area contributed by atoms with Crippen molar-refractivity contribution in [3.05, 3.63) is 144 Å². The zero-order valence-electron chi connectivity index (χ0n) is 36.4. The molecule has 59 heavy (non-hydrogen) atoms. The van der Waals surface area contributed by atoms with Crippen LogP contribution in [0.1, 0.15) is 104 Å². The van der Waals surface area contributed by atoms with E-state index < -0.39 is 23.0 Å². The fraction of sp³-hybridized carbons (Fsp3) is 0.360. The van der Waals surface area contributed by atoms with E-state index in [1.165, 1.54) is 0 Å². The minimum atomic E-state index is -1.07. The highest BCUT2D eigenvalue weighted by atomic mass is 16.3. The molecule has 0 radical (unpaired) electrons. The minimum absolute atomic E-state index is 0.0175. The summed E-state index contributed by atoms with van der Waals surface area (Å²) in [4.78, 5) is 42.7. The number of carbonyl (C=O) groups excluding carboxylic acids is 2. The predicted octanol–water partition coefficient (Wildman–Crippen LogP) is 10.6. The molecule has 0 aliphatic rings. The van der Waals surface area contributed by atoms with Crippen LogP contribution in [0.4, 0.5) is 0 Å². The van der Waals surface area contributed by atoms with Gasteiger partial charge in [-0.15, -0.1) is 0 Å². The van der Waals surface area contributed by atoms with Gasteiger partial charge in [0.05, 0.1) is 47.9 Å². The van der Waals surface area contributed by atoms with Crippen molar-refractivity contribution in [1.82, 2.24) is 30.6 Å². The Hall–Kier alpha value is -5.80. The molecule has 6 aromatic rings. The number of amides is 2. The number of aromatic amines is 2. The molecular weight excluding hydrogens is 733 g/mol. The standard InChI is InChI=1S/C46H52N6O3.C4H10/c1-44(2,3)39(52-43(55)46(6,7)40(53)35-16-12-9-13-17-35)41-48-28-37(51-41)34-24-20-32(21-25-34)31-18-22-33(23-19-31)36-27-47-38(50-36)29-49-42(54)45(4,5)26-30-14-10-8-11-15-30;1-4(2)3/h8-25,27-28,39-40,53H,26,29H2,1-7H3,(H,47,50)(H,48,51)(H,49,54)(H,52,55);4H,1-3H3. The van der Waals surface area contributed by atoms with E-state index in [0.717, 1.165) is 45.1 Å². The van der Waals surface area contributed by atoms with Gasteiger partial charge in [-0.2, -0.15) is 0 Å². The van der Waals surface area contributed by atoms with E-state index in [9.17, 15) is 14.7 Å². The SMILES string of the molecule is CC(C)(Cc1ccccc1)C(=O)NCc1ncc(-c2ccc(-c3ccc(-c4cnc(C(NC(=O)C(C)(C)C(O)c5ccccc5)C(C)(C)C)[nH]4)cc3)cc2)[nH]1.CC(C)C. The smallest absolute Gasteiger partial charge is 0.229 e. The second-order valence-electron chi connectivity index (χ2n) is 18.3. The van der Waals surface area contributed by atoms with Crippen LogP contribution in [0.25, 0.3) is 33.6 Å². The quantitative estimate of drug-likeness (QED) is 0.0793. The Balaban J connectivity index is 0.00000158. The number of nitrogens with zero attached hydrogens (tertiary/aromatic N) is 2. The van der Waals surface area contributed by atoms with Crippen LogP contribution in [0.15, 0.2) is 122 Å². The van der Waals surface area contributed by atoms with Gasteiger partial charge in [0, 0.05) is 5.41 Å². The maximum Gasteiger partial charge on any atom is 0.229 e. The van der Waals surface area contributed by atoms with Gasteiger partial charge in [-0.05, 0) is 65.0 Å². The minimum Gasteiger partial charge on any atom is -0.387 e. The third-order valence-electron chi connectivity index (χ3n) is 10.3. The van der Waals surface area contributed by atoms with Crippen LogP contribution in [-0.2, 0) is 22.6 Å². The third-order valence-corrected chi connectivity index (χ3v) is 10.3. The van der Waals surface area contributed by atoms with Gasteiger partial charge < -0.3 is 25.7 Å². The van der Waals surface area contributed by atoms with Gasteiger partial charge in [0.15, 0.2) is 0 Å². The zero-order chi connectivity index (χ0) is 43.0. The third kappa shape index (κ3) is 11.7. The van der Waals surface area contributed by atoms with Gasteiger partial charge in [0.1, 0.15) is 11.6 Å². The van der Waals surface area contributed by atoms with Crippen molar-refractivity contribution < 1.29 is 14.7 Å². The highest BCUT2D eigenvalue weighted by Gasteiger charge is 2.40. The summed E-state index contributed by atoms with van der Waals surface area (Å²) >= 11 is 0. The number of aliphatic hydroxyl groups excluding tert-OH is 1. The van der Waals surface area contributed by atoms with E-state index in [0.29, 0.717) is 30.2 Å². The summed E-state index contributed by atoms with van der Waals surface area (Å²) in [5.74, 6) is 1.91. The van der Waals surface area contributed by atoms with Crippen molar-refractivity contribution in [2.45, 2.75) is 94.3 Å².